The molecular weight excluding hydrogens is 136 g/mol. The average molecular weight is 152 g/mol. The number of rotatable bonds is 4. The average Bonchev–Trinajstić information content (AvgIpc) is 1.85. The highest BCUT2D eigenvalue weighted by Crippen LogP contribution is 2.03. The van der Waals surface area contributed by atoms with Gasteiger partial charge in [-0.15, -0.1) is 0 Å². The molecule has 0 aliphatic heterocycles. The summed E-state index contributed by atoms with van der Waals surface area (Å²) >= 11 is 0. The van der Waals surface area contributed by atoms with Crippen LogP contribution >= 0.6 is 0 Å². The molecule has 0 aromatic carbocycles. The Balaban J connectivity index is 4.00. The van der Waals surface area contributed by atoms with E-state index in [0.717, 1.165) is 12.1 Å². The second-order valence-corrected chi connectivity index (χ2v) is 3.02. The van der Waals surface area contributed by atoms with Gasteiger partial charge in [0.25, 0.3) is 0 Å². The maximum absolute atomic E-state index is 4.13. The molecule has 0 saturated heterocycles. The van der Waals surface area contributed by atoms with Crippen molar-refractivity contribution < 1.29 is 0 Å². The standard InChI is InChI=1S/C9H16N2/c1-7(2)6-8(3)11-9(4)10-5/h7H,4-6H2,1-3H3. The van der Waals surface area contributed by atoms with Gasteiger partial charge in [-0.25, -0.2) is 9.98 Å². The molecule has 0 radical (unpaired) electrons. The molecule has 0 N–H and O–H groups in total. The van der Waals surface area contributed by atoms with Crippen LogP contribution in [0.3, 0.4) is 0 Å². The van der Waals surface area contributed by atoms with Crippen LogP contribution in [0.1, 0.15) is 27.2 Å². The highest BCUT2D eigenvalue weighted by atomic mass is 14.9. The van der Waals surface area contributed by atoms with Crippen LogP contribution in [0.15, 0.2) is 22.4 Å². The quantitative estimate of drug-likeness (QED) is 0.553. The summed E-state index contributed by atoms with van der Waals surface area (Å²) in [6.07, 6.45) is 0.995. The molecule has 2 nitrogen and oxygen atoms in total. The van der Waals surface area contributed by atoms with Gasteiger partial charge in [-0.05, 0) is 26.0 Å². The summed E-state index contributed by atoms with van der Waals surface area (Å²) in [6, 6.07) is 0. The summed E-state index contributed by atoms with van der Waals surface area (Å²) in [5.74, 6) is 1.14. The lowest BCUT2D eigenvalue weighted by atomic mass is 10.1. The molecule has 2 heteroatoms. The zero-order valence-corrected chi connectivity index (χ0v) is 7.59. The predicted molar refractivity (Wildman–Crippen MR) is 51.3 cm³/mol. The molecule has 0 aromatic rings. The summed E-state index contributed by atoms with van der Waals surface area (Å²) in [7, 11) is 0. The maximum atomic E-state index is 4.13. The van der Waals surface area contributed by atoms with E-state index in [2.05, 4.69) is 37.1 Å². The lowest BCUT2D eigenvalue weighted by molar-refractivity contribution is 0.682. The molecule has 0 amide bonds. The highest BCUT2D eigenvalue weighted by molar-refractivity contribution is 5.83. The molecule has 0 bridgehead atoms. The maximum Gasteiger partial charge on any atom is 0.143 e. The molecule has 0 atom stereocenters. The fourth-order valence-corrected chi connectivity index (χ4v) is 0.892. The lowest BCUT2D eigenvalue weighted by Gasteiger charge is -2.02. The summed E-state index contributed by atoms with van der Waals surface area (Å²) in [4.78, 5) is 7.73. The van der Waals surface area contributed by atoms with Gasteiger partial charge < -0.3 is 0 Å². The normalized spacial score (nSPS) is 11.8. The van der Waals surface area contributed by atoms with E-state index in [1.54, 1.807) is 0 Å². The second-order valence-electron chi connectivity index (χ2n) is 3.02. The first-order valence-corrected chi connectivity index (χ1v) is 3.76. The first-order chi connectivity index (χ1) is 5.06. The van der Waals surface area contributed by atoms with E-state index in [9.17, 15) is 0 Å². The Morgan fingerprint density at radius 1 is 1.45 bits per heavy atom. The predicted octanol–water partition coefficient (Wildman–Crippen LogP) is 2.67. The van der Waals surface area contributed by atoms with Crippen LogP contribution in [-0.4, -0.2) is 12.4 Å². The fraction of sp³-hybridized carbons (Fsp3) is 0.556. The van der Waals surface area contributed by atoms with Crippen LogP contribution in [0.5, 0.6) is 0 Å². The molecule has 0 rings (SSSR count). The van der Waals surface area contributed by atoms with E-state index in [1.165, 1.54) is 0 Å². The zero-order valence-electron chi connectivity index (χ0n) is 7.59. The molecule has 0 aliphatic rings. The second kappa shape index (κ2) is 4.83. The molecule has 0 aromatic heterocycles. The summed E-state index contributed by atoms with van der Waals surface area (Å²) < 4.78 is 0. The van der Waals surface area contributed by atoms with Crippen molar-refractivity contribution in [2.45, 2.75) is 27.2 Å². The molecule has 0 saturated carbocycles. The third-order valence-corrected chi connectivity index (χ3v) is 1.21. The van der Waals surface area contributed by atoms with Gasteiger partial charge in [0.15, 0.2) is 0 Å². The lowest BCUT2D eigenvalue weighted by Crippen LogP contribution is -1.97. The number of aliphatic imine (C=N–C) groups is 2. The Morgan fingerprint density at radius 3 is 2.36 bits per heavy atom. The largest absolute Gasteiger partial charge is 0.246 e. The van der Waals surface area contributed by atoms with Crippen LogP contribution in [0.2, 0.25) is 0 Å². The summed E-state index contributed by atoms with van der Waals surface area (Å²) in [5, 5.41) is 0. The smallest absolute Gasteiger partial charge is 0.143 e. The Bertz CT molecular complexity index is 178. The van der Waals surface area contributed by atoms with E-state index in [1.807, 2.05) is 6.92 Å². The van der Waals surface area contributed by atoms with Crippen molar-refractivity contribution in [2.24, 2.45) is 15.9 Å². The van der Waals surface area contributed by atoms with Gasteiger partial charge in [0, 0.05) is 5.71 Å². The van der Waals surface area contributed by atoms with Crippen molar-refractivity contribution in [1.29, 1.82) is 0 Å². The minimum Gasteiger partial charge on any atom is -0.246 e. The van der Waals surface area contributed by atoms with E-state index in [4.69, 9.17) is 0 Å². The van der Waals surface area contributed by atoms with Crippen LogP contribution in [0.25, 0.3) is 0 Å². The van der Waals surface area contributed by atoms with Crippen LogP contribution in [0.4, 0.5) is 0 Å². The van der Waals surface area contributed by atoms with Gasteiger partial charge in [-0.3, -0.25) is 0 Å². The molecule has 0 unspecified atom stereocenters. The van der Waals surface area contributed by atoms with E-state index in [-0.39, 0.29) is 0 Å². The van der Waals surface area contributed by atoms with Gasteiger partial charge in [-0.1, -0.05) is 20.4 Å². The van der Waals surface area contributed by atoms with Gasteiger partial charge >= 0.3 is 0 Å². The van der Waals surface area contributed by atoms with Gasteiger partial charge in [0.2, 0.25) is 0 Å². The first-order valence-electron chi connectivity index (χ1n) is 3.76. The van der Waals surface area contributed by atoms with Crippen molar-refractivity contribution in [2.75, 3.05) is 0 Å². The third-order valence-electron chi connectivity index (χ3n) is 1.21. The third kappa shape index (κ3) is 5.52. The monoisotopic (exact) mass is 152 g/mol. The molecule has 0 fully saturated rings. The summed E-state index contributed by atoms with van der Waals surface area (Å²) in [5.41, 5.74) is 1.07. The van der Waals surface area contributed by atoms with E-state index in [0.29, 0.717) is 11.7 Å². The first kappa shape index (κ1) is 10.1. The van der Waals surface area contributed by atoms with Crippen molar-refractivity contribution in [3.05, 3.63) is 12.4 Å². The highest BCUT2D eigenvalue weighted by Gasteiger charge is 1.96. The number of hydrogen-bond acceptors (Lipinski definition) is 2. The van der Waals surface area contributed by atoms with Crippen molar-refractivity contribution in [3.63, 3.8) is 0 Å². The van der Waals surface area contributed by atoms with Crippen molar-refractivity contribution in [3.8, 4) is 0 Å². The number of hydrogen-bond donors (Lipinski definition) is 0. The zero-order chi connectivity index (χ0) is 8.85. The van der Waals surface area contributed by atoms with E-state index < -0.39 is 0 Å². The molecule has 0 heterocycles. The van der Waals surface area contributed by atoms with Crippen molar-refractivity contribution >= 4 is 12.4 Å². The Hall–Kier alpha value is -0.920. The Kier molecular flexibility index (Phi) is 4.42. The topological polar surface area (TPSA) is 24.7 Å². The molecule has 11 heavy (non-hydrogen) atoms. The van der Waals surface area contributed by atoms with E-state index >= 15 is 0 Å². The minimum absolute atomic E-state index is 0.503. The summed E-state index contributed by atoms with van der Waals surface area (Å²) in [6.45, 7) is 13.2. The Labute approximate surface area is 68.8 Å². The van der Waals surface area contributed by atoms with Crippen LogP contribution < -0.4 is 0 Å². The number of nitrogens with zero attached hydrogens (tertiary/aromatic N) is 2. The van der Waals surface area contributed by atoms with Gasteiger partial charge in [-0.2, -0.15) is 0 Å². The minimum atomic E-state index is 0.503. The van der Waals surface area contributed by atoms with Gasteiger partial charge in [0.05, 0.1) is 0 Å². The van der Waals surface area contributed by atoms with Crippen molar-refractivity contribution in [1.82, 2.24) is 0 Å². The fourth-order valence-electron chi connectivity index (χ4n) is 0.892. The molecular formula is C9H16N2. The van der Waals surface area contributed by atoms with Crippen LogP contribution in [0, 0.1) is 5.92 Å². The van der Waals surface area contributed by atoms with Crippen LogP contribution in [-0.2, 0) is 0 Å². The van der Waals surface area contributed by atoms with Gasteiger partial charge in [0.1, 0.15) is 5.82 Å². The molecule has 62 valence electrons. The molecule has 0 spiro atoms. The Morgan fingerprint density at radius 2 is 2.00 bits per heavy atom. The SMILES string of the molecule is C=NC(=C)N=C(C)CC(C)C. The molecule has 0 aliphatic carbocycles.